The van der Waals surface area contributed by atoms with Crippen molar-refractivity contribution in [1.82, 2.24) is 9.80 Å². The van der Waals surface area contributed by atoms with Crippen molar-refractivity contribution in [3.8, 4) is 0 Å². The molecule has 0 saturated carbocycles. The molecule has 0 bridgehead atoms. The molecular weight excluding hydrogens is 180 g/mol. The van der Waals surface area contributed by atoms with Crippen LogP contribution in [0.25, 0.3) is 0 Å². The van der Waals surface area contributed by atoms with E-state index >= 15 is 0 Å². The zero-order valence-corrected chi connectivity index (χ0v) is 9.75. The van der Waals surface area contributed by atoms with Gasteiger partial charge in [-0.2, -0.15) is 0 Å². The lowest BCUT2D eigenvalue weighted by molar-refractivity contribution is -0.141. The quantitative estimate of drug-likeness (QED) is 0.561. The Kier molecular flexibility index (Phi) is 7.42. The Balaban J connectivity index is 3.61. The highest BCUT2D eigenvalue weighted by molar-refractivity contribution is 5.71. The van der Waals surface area contributed by atoms with Crippen LogP contribution < -0.4 is 0 Å². The highest BCUT2D eigenvalue weighted by Gasteiger charge is 2.07. The maximum absolute atomic E-state index is 10.9. The van der Waals surface area contributed by atoms with E-state index in [1.165, 1.54) is 7.11 Å². The summed E-state index contributed by atoms with van der Waals surface area (Å²) in [7, 11) is 3.35. The normalized spacial score (nSPS) is 11.0. The van der Waals surface area contributed by atoms with Crippen molar-refractivity contribution in [2.75, 3.05) is 46.9 Å². The predicted octanol–water partition coefficient (Wildman–Crippen LogP) is 0.433. The molecule has 0 spiro atoms. The summed E-state index contributed by atoms with van der Waals surface area (Å²) in [5, 5.41) is 0. The Morgan fingerprint density at radius 1 is 1.21 bits per heavy atom. The van der Waals surface area contributed by atoms with E-state index in [-0.39, 0.29) is 5.97 Å². The van der Waals surface area contributed by atoms with Crippen molar-refractivity contribution < 1.29 is 9.53 Å². The van der Waals surface area contributed by atoms with Crippen molar-refractivity contribution in [2.24, 2.45) is 0 Å². The Morgan fingerprint density at radius 2 is 1.79 bits per heavy atom. The van der Waals surface area contributed by atoms with Crippen LogP contribution in [0.2, 0.25) is 0 Å². The first-order valence-corrected chi connectivity index (χ1v) is 5.11. The highest BCUT2D eigenvalue weighted by Crippen LogP contribution is 1.90. The molecule has 0 aromatic rings. The lowest BCUT2D eigenvalue weighted by Crippen LogP contribution is -2.35. The fourth-order valence-corrected chi connectivity index (χ4v) is 1.22. The zero-order chi connectivity index (χ0) is 11.0. The summed E-state index contributed by atoms with van der Waals surface area (Å²) in [6.07, 6.45) is 0. The van der Waals surface area contributed by atoms with Gasteiger partial charge in [-0.15, -0.1) is 0 Å². The number of hydrogen-bond donors (Lipinski definition) is 0. The summed E-state index contributed by atoms with van der Waals surface area (Å²) in [5.41, 5.74) is 0. The molecular formula is C10H22N2O2. The van der Waals surface area contributed by atoms with E-state index in [1.54, 1.807) is 0 Å². The Hall–Kier alpha value is -0.610. The van der Waals surface area contributed by atoms with Crippen molar-refractivity contribution in [3.63, 3.8) is 0 Å². The number of methoxy groups -OCH3 is 1. The summed E-state index contributed by atoms with van der Waals surface area (Å²) in [6.45, 7) is 8.67. The second-order valence-electron chi connectivity index (χ2n) is 3.34. The number of nitrogens with zero attached hydrogens (tertiary/aromatic N) is 2. The zero-order valence-electron chi connectivity index (χ0n) is 9.75. The largest absolute Gasteiger partial charge is 0.468 e. The summed E-state index contributed by atoms with van der Waals surface area (Å²) in [5.74, 6) is -0.174. The molecule has 0 aliphatic heterocycles. The van der Waals surface area contributed by atoms with E-state index < -0.39 is 0 Å². The van der Waals surface area contributed by atoms with Gasteiger partial charge in [-0.3, -0.25) is 9.69 Å². The number of carbonyl (C=O) groups is 1. The van der Waals surface area contributed by atoms with Gasteiger partial charge in [0.05, 0.1) is 13.7 Å². The summed E-state index contributed by atoms with van der Waals surface area (Å²) in [4.78, 5) is 15.2. The van der Waals surface area contributed by atoms with Crippen molar-refractivity contribution in [1.29, 1.82) is 0 Å². The molecule has 0 N–H and O–H groups in total. The standard InChI is InChI=1S/C10H22N2O2/c1-5-12(6-2)8-7-11(3)9-10(13)14-4/h5-9H2,1-4H3. The number of hydrogen-bond acceptors (Lipinski definition) is 4. The minimum atomic E-state index is -0.174. The topological polar surface area (TPSA) is 32.8 Å². The van der Waals surface area contributed by atoms with Crippen LogP contribution in [0.1, 0.15) is 13.8 Å². The number of ether oxygens (including phenoxy) is 1. The molecule has 0 radical (unpaired) electrons. The lowest BCUT2D eigenvalue weighted by atomic mass is 10.4. The third-order valence-electron chi connectivity index (χ3n) is 2.32. The molecule has 4 nitrogen and oxygen atoms in total. The molecule has 0 aromatic heterocycles. The predicted molar refractivity (Wildman–Crippen MR) is 57.3 cm³/mol. The van der Waals surface area contributed by atoms with Crippen LogP contribution in [0.3, 0.4) is 0 Å². The second kappa shape index (κ2) is 7.76. The van der Waals surface area contributed by atoms with Crippen LogP contribution in [-0.4, -0.2) is 62.7 Å². The average Bonchev–Trinajstić information content (AvgIpc) is 2.19. The molecule has 0 unspecified atom stereocenters. The molecule has 0 aromatic carbocycles. The third kappa shape index (κ3) is 5.94. The Morgan fingerprint density at radius 3 is 2.21 bits per heavy atom. The third-order valence-corrected chi connectivity index (χ3v) is 2.32. The van der Waals surface area contributed by atoms with Crippen molar-refractivity contribution in [3.05, 3.63) is 0 Å². The fourth-order valence-electron chi connectivity index (χ4n) is 1.22. The summed E-state index contributed by atoms with van der Waals surface area (Å²) < 4.78 is 4.59. The van der Waals surface area contributed by atoms with E-state index in [0.29, 0.717) is 6.54 Å². The van der Waals surface area contributed by atoms with Gasteiger partial charge in [0.15, 0.2) is 0 Å². The van der Waals surface area contributed by atoms with Crippen LogP contribution in [0.4, 0.5) is 0 Å². The van der Waals surface area contributed by atoms with Gasteiger partial charge in [0.25, 0.3) is 0 Å². The second-order valence-corrected chi connectivity index (χ2v) is 3.34. The molecule has 0 amide bonds. The summed E-state index contributed by atoms with van der Waals surface area (Å²) >= 11 is 0. The van der Waals surface area contributed by atoms with E-state index in [1.807, 2.05) is 11.9 Å². The summed E-state index contributed by atoms with van der Waals surface area (Å²) in [6, 6.07) is 0. The molecule has 0 heterocycles. The smallest absolute Gasteiger partial charge is 0.319 e. The van der Waals surface area contributed by atoms with Gasteiger partial charge in [-0.25, -0.2) is 0 Å². The SMILES string of the molecule is CCN(CC)CCN(C)CC(=O)OC. The fraction of sp³-hybridized carbons (Fsp3) is 0.900. The molecule has 14 heavy (non-hydrogen) atoms. The van der Waals surface area contributed by atoms with Crippen LogP contribution in [-0.2, 0) is 9.53 Å². The molecule has 0 atom stereocenters. The molecule has 0 saturated heterocycles. The van der Waals surface area contributed by atoms with Gasteiger partial charge in [-0.05, 0) is 20.1 Å². The molecule has 0 rings (SSSR count). The Labute approximate surface area is 86.8 Å². The van der Waals surface area contributed by atoms with E-state index in [9.17, 15) is 4.79 Å². The number of esters is 1. The maximum Gasteiger partial charge on any atom is 0.319 e. The first kappa shape index (κ1) is 13.4. The van der Waals surface area contributed by atoms with Gasteiger partial charge >= 0.3 is 5.97 Å². The molecule has 0 fully saturated rings. The van der Waals surface area contributed by atoms with E-state index in [0.717, 1.165) is 26.2 Å². The molecule has 4 heteroatoms. The Bertz CT molecular complexity index is 158. The minimum absolute atomic E-state index is 0.174. The van der Waals surface area contributed by atoms with Crippen LogP contribution in [0, 0.1) is 0 Å². The van der Waals surface area contributed by atoms with Gasteiger partial charge in [0.1, 0.15) is 0 Å². The monoisotopic (exact) mass is 202 g/mol. The average molecular weight is 202 g/mol. The highest BCUT2D eigenvalue weighted by atomic mass is 16.5. The molecule has 0 aliphatic carbocycles. The number of likely N-dealkylation sites (N-methyl/N-ethyl adjacent to an activating group) is 2. The number of rotatable bonds is 7. The molecule has 0 aliphatic rings. The van der Waals surface area contributed by atoms with Gasteiger partial charge < -0.3 is 9.64 Å². The van der Waals surface area contributed by atoms with Gasteiger partial charge in [0, 0.05) is 13.1 Å². The van der Waals surface area contributed by atoms with Crippen molar-refractivity contribution in [2.45, 2.75) is 13.8 Å². The number of carbonyl (C=O) groups excluding carboxylic acids is 1. The first-order chi connectivity index (χ1) is 6.63. The van der Waals surface area contributed by atoms with Gasteiger partial charge in [0.2, 0.25) is 0 Å². The van der Waals surface area contributed by atoms with Crippen molar-refractivity contribution >= 4 is 5.97 Å². The first-order valence-electron chi connectivity index (χ1n) is 5.11. The van der Waals surface area contributed by atoms with Gasteiger partial charge in [-0.1, -0.05) is 13.8 Å². The maximum atomic E-state index is 10.9. The van der Waals surface area contributed by atoms with Crippen LogP contribution >= 0.6 is 0 Å². The molecule has 84 valence electrons. The lowest BCUT2D eigenvalue weighted by Gasteiger charge is -2.22. The van der Waals surface area contributed by atoms with E-state index in [2.05, 4.69) is 23.5 Å². The van der Waals surface area contributed by atoms with Crippen LogP contribution in [0.15, 0.2) is 0 Å². The van der Waals surface area contributed by atoms with E-state index in [4.69, 9.17) is 0 Å². The minimum Gasteiger partial charge on any atom is -0.468 e. The van der Waals surface area contributed by atoms with Crippen LogP contribution in [0.5, 0.6) is 0 Å².